The third-order valence-electron chi connectivity index (χ3n) is 3.10. The van der Waals surface area contributed by atoms with E-state index in [0.717, 1.165) is 0 Å². The predicted molar refractivity (Wildman–Crippen MR) is 66.0 cm³/mol. The molecule has 1 fully saturated rings. The normalized spacial score (nSPS) is 34.9. The van der Waals surface area contributed by atoms with Gasteiger partial charge in [-0.1, -0.05) is 6.07 Å². The Morgan fingerprint density at radius 2 is 1.74 bits per heavy atom. The summed E-state index contributed by atoms with van der Waals surface area (Å²) < 4.78 is 15.9. The zero-order valence-corrected chi connectivity index (χ0v) is 10.8. The van der Waals surface area contributed by atoms with E-state index >= 15 is 0 Å². The minimum absolute atomic E-state index is 0.444. The molecule has 106 valence electrons. The highest BCUT2D eigenvalue weighted by Crippen LogP contribution is 2.26. The first-order valence-electron chi connectivity index (χ1n) is 6.03. The highest BCUT2D eigenvalue weighted by atomic mass is 16.7. The van der Waals surface area contributed by atoms with Gasteiger partial charge in [-0.15, -0.1) is 0 Å². The highest BCUT2D eigenvalue weighted by Gasteiger charge is 2.43. The van der Waals surface area contributed by atoms with Crippen molar-refractivity contribution < 1.29 is 29.5 Å². The molecule has 0 saturated carbocycles. The van der Waals surface area contributed by atoms with Crippen LogP contribution in [-0.2, 0) is 4.74 Å². The Labute approximate surface area is 111 Å². The zero-order valence-electron chi connectivity index (χ0n) is 10.8. The van der Waals surface area contributed by atoms with Crippen LogP contribution in [0.25, 0.3) is 0 Å². The lowest BCUT2D eigenvalue weighted by Gasteiger charge is -2.38. The van der Waals surface area contributed by atoms with Crippen molar-refractivity contribution in [2.24, 2.45) is 0 Å². The highest BCUT2D eigenvalue weighted by molar-refractivity contribution is 5.33. The standard InChI is InChI=1S/C13H18O6/c1-7-10(14)11(15)12(16)13(18-7)19-9-5-3-4-8(6-9)17-2/h3-7,10-16H,1-2H3/t7-,10-,11+,12+,13?/m1/s1. The monoisotopic (exact) mass is 270 g/mol. The summed E-state index contributed by atoms with van der Waals surface area (Å²) >= 11 is 0. The molecule has 1 heterocycles. The quantitative estimate of drug-likeness (QED) is 0.711. The van der Waals surface area contributed by atoms with Crippen LogP contribution in [0.1, 0.15) is 6.92 Å². The van der Waals surface area contributed by atoms with Crippen LogP contribution >= 0.6 is 0 Å². The second-order valence-corrected chi connectivity index (χ2v) is 4.48. The molecule has 5 atom stereocenters. The van der Waals surface area contributed by atoms with Crippen molar-refractivity contribution in [3.63, 3.8) is 0 Å². The van der Waals surface area contributed by atoms with Crippen molar-refractivity contribution in [3.05, 3.63) is 24.3 Å². The predicted octanol–water partition coefficient (Wildman–Crippen LogP) is -0.0985. The lowest BCUT2D eigenvalue weighted by Crippen LogP contribution is -2.58. The van der Waals surface area contributed by atoms with Crippen LogP contribution in [0, 0.1) is 0 Å². The lowest BCUT2D eigenvalue weighted by molar-refractivity contribution is -0.268. The van der Waals surface area contributed by atoms with Crippen LogP contribution in [-0.4, -0.2) is 53.1 Å². The number of hydrogen-bond acceptors (Lipinski definition) is 6. The van der Waals surface area contributed by atoms with Crippen LogP contribution in [0.4, 0.5) is 0 Å². The molecular formula is C13H18O6. The van der Waals surface area contributed by atoms with E-state index in [1.165, 1.54) is 7.11 Å². The average Bonchev–Trinajstić information content (AvgIpc) is 2.42. The molecule has 2 rings (SSSR count). The number of rotatable bonds is 3. The van der Waals surface area contributed by atoms with Gasteiger partial charge in [-0.3, -0.25) is 0 Å². The maximum Gasteiger partial charge on any atom is 0.229 e. The maximum absolute atomic E-state index is 9.82. The van der Waals surface area contributed by atoms with Crippen molar-refractivity contribution in [2.75, 3.05) is 7.11 Å². The first-order valence-corrected chi connectivity index (χ1v) is 6.03. The summed E-state index contributed by atoms with van der Waals surface area (Å²) in [6, 6.07) is 6.81. The van der Waals surface area contributed by atoms with Gasteiger partial charge in [0.15, 0.2) is 0 Å². The molecule has 1 aromatic rings. The summed E-state index contributed by atoms with van der Waals surface area (Å²) in [5.74, 6) is 1.05. The first kappa shape index (κ1) is 14.1. The minimum Gasteiger partial charge on any atom is -0.497 e. The summed E-state index contributed by atoms with van der Waals surface area (Å²) in [5, 5.41) is 29.1. The van der Waals surface area contributed by atoms with Crippen molar-refractivity contribution in [3.8, 4) is 11.5 Å². The second kappa shape index (κ2) is 5.75. The van der Waals surface area contributed by atoms with Gasteiger partial charge < -0.3 is 29.5 Å². The molecule has 0 radical (unpaired) electrons. The molecule has 0 aliphatic carbocycles. The topological polar surface area (TPSA) is 88.4 Å². The van der Waals surface area contributed by atoms with Crippen molar-refractivity contribution in [1.82, 2.24) is 0 Å². The SMILES string of the molecule is COc1cccc(OC2O[C@H](C)[C@@H](O)[C@H](O)[C@@H]2O)c1. The van der Waals surface area contributed by atoms with Gasteiger partial charge in [0.25, 0.3) is 0 Å². The van der Waals surface area contributed by atoms with Gasteiger partial charge in [-0.2, -0.15) is 0 Å². The number of aliphatic hydroxyl groups is 3. The largest absolute Gasteiger partial charge is 0.497 e. The Morgan fingerprint density at radius 1 is 1.05 bits per heavy atom. The molecule has 1 saturated heterocycles. The molecular weight excluding hydrogens is 252 g/mol. The Kier molecular flexibility index (Phi) is 4.26. The number of benzene rings is 1. The minimum atomic E-state index is -1.32. The number of hydrogen-bond donors (Lipinski definition) is 3. The molecule has 19 heavy (non-hydrogen) atoms. The van der Waals surface area contributed by atoms with Crippen LogP contribution in [0.15, 0.2) is 24.3 Å². The molecule has 1 aliphatic heterocycles. The lowest BCUT2D eigenvalue weighted by atomic mass is 10.00. The summed E-state index contributed by atoms with van der Waals surface area (Å²) in [6.07, 6.45) is -5.44. The smallest absolute Gasteiger partial charge is 0.229 e. The molecule has 6 nitrogen and oxygen atoms in total. The summed E-state index contributed by atoms with van der Waals surface area (Å²) in [4.78, 5) is 0. The van der Waals surface area contributed by atoms with Gasteiger partial charge in [0.05, 0.1) is 13.2 Å². The zero-order chi connectivity index (χ0) is 14.0. The average molecular weight is 270 g/mol. The number of ether oxygens (including phenoxy) is 3. The summed E-state index contributed by atoms with van der Waals surface area (Å²) in [6.45, 7) is 1.60. The van der Waals surface area contributed by atoms with E-state index in [2.05, 4.69) is 0 Å². The molecule has 1 unspecified atom stereocenters. The first-order chi connectivity index (χ1) is 9.02. The Bertz CT molecular complexity index is 423. The summed E-state index contributed by atoms with van der Waals surface area (Å²) in [5.41, 5.74) is 0. The fraction of sp³-hybridized carbons (Fsp3) is 0.538. The molecule has 1 aromatic carbocycles. The van der Waals surface area contributed by atoms with E-state index in [4.69, 9.17) is 14.2 Å². The van der Waals surface area contributed by atoms with E-state index in [9.17, 15) is 15.3 Å². The summed E-state index contributed by atoms with van der Waals surface area (Å²) in [7, 11) is 1.53. The molecule has 0 aromatic heterocycles. The van der Waals surface area contributed by atoms with E-state index in [1.54, 1.807) is 31.2 Å². The van der Waals surface area contributed by atoms with E-state index in [1.807, 2.05) is 0 Å². The fourth-order valence-electron chi connectivity index (χ4n) is 1.92. The number of methoxy groups -OCH3 is 1. The van der Waals surface area contributed by atoms with Crippen molar-refractivity contribution in [2.45, 2.75) is 37.6 Å². The Hall–Kier alpha value is -1.34. The third-order valence-corrected chi connectivity index (χ3v) is 3.10. The van der Waals surface area contributed by atoms with E-state index < -0.39 is 30.7 Å². The van der Waals surface area contributed by atoms with Crippen LogP contribution in [0.5, 0.6) is 11.5 Å². The van der Waals surface area contributed by atoms with Gasteiger partial charge in [0.2, 0.25) is 6.29 Å². The molecule has 3 N–H and O–H groups in total. The van der Waals surface area contributed by atoms with Gasteiger partial charge in [0, 0.05) is 6.07 Å². The van der Waals surface area contributed by atoms with Crippen LogP contribution < -0.4 is 9.47 Å². The number of aliphatic hydroxyl groups excluding tert-OH is 3. The third kappa shape index (κ3) is 2.98. The van der Waals surface area contributed by atoms with Gasteiger partial charge in [-0.05, 0) is 19.1 Å². The van der Waals surface area contributed by atoms with Crippen molar-refractivity contribution >= 4 is 0 Å². The Morgan fingerprint density at radius 3 is 2.42 bits per heavy atom. The van der Waals surface area contributed by atoms with Crippen LogP contribution in [0.2, 0.25) is 0 Å². The van der Waals surface area contributed by atoms with Gasteiger partial charge in [0.1, 0.15) is 29.8 Å². The second-order valence-electron chi connectivity index (χ2n) is 4.48. The molecule has 1 aliphatic rings. The molecule has 0 bridgehead atoms. The molecule has 0 spiro atoms. The fourth-order valence-corrected chi connectivity index (χ4v) is 1.92. The Balaban J connectivity index is 2.09. The van der Waals surface area contributed by atoms with Crippen LogP contribution in [0.3, 0.4) is 0 Å². The molecule has 6 heteroatoms. The van der Waals surface area contributed by atoms with E-state index in [0.29, 0.717) is 11.5 Å². The van der Waals surface area contributed by atoms with Crippen molar-refractivity contribution in [1.29, 1.82) is 0 Å². The van der Waals surface area contributed by atoms with Gasteiger partial charge >= 0.3 is 0 Å². The molecule has 0 amide bonds. The maximum atomic E-state index is 9.82. The van der Waals surface area contributed by atoms with Gasteiger partial charge in [-0.25, -0.2) is 0 Å². The van der Waals surface area contributed by atoms with E-state index in [-0.39, 0.29) is 0 Å².